The molecular weight excluding hydrogens is 406 g/mol. The summed E-state index contributed by atoms with van der Waals surface area (Å²) in [6, 6.07) is 4.83. The van der Waals surface area contributed by atoms with E-state index in [1.165, 1.54) is 26.4 Å². The lowest BCUT2D eigenvalue weighted by molar-refractivity contribution is -0.148. The van der Waals surface area contributed by atoms with Crippen LogP contribution in [0.25, 0.3) is 0 Å². The molecule has 1 aromatic carbocycles. The minimum Gasteiger partial charge on any atom is -0.489 e. The highest BCUT2D eigenvalue weighted by Gasteiger charge is 2.26. The summed E-state index contributed by atoms with van der Waals surface area (Å²) < 4.78 is 15.7. The number of anilines is 1. The largest absolute Gasteiger partial charge is 0.489 e. The molecule has 0 heterocycles. The highest BCUT2D eigenvalue weighted by atomic mass is 35.5. The average Bonchev–Trinajstić information content (AvgIpc) is 2.70. The number of rotatable bonds is 13. The molecule has 1 unspecified atom stereocenters. The standard InChI is InChI=1S/C23H34ClNO5/c1-6-7-8-9-10-11-12-17(4)21(22(26)28-5)30-23(27)25-18-13-14-19(24)20(15-18)29-16(2)3/h13-16,21H,4,6-12H2,1-3,5H3,(H,25,27). The third kappa shape index (κ3) is 9.53. The summed E-state index contributed by atoms with van der Waals surface area (Å²) in [7, 11) is 1.25. The van der Waals surface area contributed by atoms with Crippen molar-refractivity contribution in [2.45, 2.75) is 77.9 Å². The Kier molecular flexibility index (Phi) is 12.0. The van der Waals surface area contributed by atoms with Crippen molar-refractivity contribution < 1.29 is 23.8 Å². The molecule has 1 N–H and O–H groups in total. The summed E-state index contributed by atoms with van der Waals surface area (Å²) >= 11 is 6.11. The molecule has 0 radical (unpaired) electrons. The van der Waals surface area contributed by atoms with Crippen LogP contribution in [0, 0.1) is 0 Å². The van der Waals surface area contributed by atoms with E-state index in [9.17, 15) is 9.59 Å². The van der Waals surface area contributed by atoms with Crippen LogP contribution in [0.5, 0.6) is 5.75 Å². The Morgan fingerprint density at radius 1 is 1.13 bits per heavy atom. The lowest BCUT2D eigenvalue weighted by Gasteiger charge is -2.19. The second-order valence-electron chi connectivity index (χ2n) is 7.42. The molecule has 6 nitrogen and oxygen atoms in total. The van der Waals surface area contributed by atoms with Crippen molar-refractivity contribution in [3.05, 3.63) is 35.4 Å². The molecule has 0 spiro atoms. The maximum absolute atomic E-state index is 12.4. The van der Waals surface area contributed by atoms with Gasteiger partial charge in [-0.25, -0.2) is 9.59 Å². The zero-order valence-electron chi connectivity index (χ0n) is 18.5. The number of hydrogen-bond donors (Lipinski definition) is 1. The number of halogens is 1. The van der Waals surface area contributed by atoms with E-state index in [0.717, 1.165) is 19.3 Å². The highest BCUT2D eigenvalue weighted by molar-refractivity contribution is 6.32. The van der Waals surface area contributed by atoms with Crippen molar-refractivity contribution in [2.24, 2.45) is 0 Å². The Labute approximate surface area is 184 Å². The summed E-state index contributed by atoms with van der Waals surface area (Å²) in [5.41, 5.74) is 0.956. The summed E-state index contributed by atoms with van der Waals surface area (Å²) in [6.07, 6.45) is 5.27. The third-order valence-corrected chi connectivity index (χ3v) is 4.71. The molecule has 7 heteroatoms. The van der Waals surface area contributed by atoms with E-state index >= 15 is 0 Å². The first-order valence-corrected chi connectivity index (χ1v) is 10.9. The van der Waals surface area contributed by atoms with Gasteiger partial charge in [-0.3, -0.25) is 5.32 Å². The van der Waals surface area contributed by atoms with Crippen LogP contribution in [0.1, 0.15) is 65.7 Å². The fourth-order valence-electron chi connectivity index (χ4n) is 2.85. The number of unbranched alkanes of at least 4 members (excludes halogenated alkanes) is 5. The highest BCUT2D eigenvalue weighted by Crippen LogP contribution is 2.29. The molecule has 168 valence electrons. The molecule has 0 aliphatic carbocycles. The van der Waals surface area contributed by atoms with Crippen molar-refractivity contribution >= 4 is 29.4 Å². The van der Waals surface area contributed by atoms with E-state index in [-0.39, 0.29) is 6.10 Å². The Bertz CT molecular complexity index is 705. The monoisotopic (exact) mass is 439 g/mol. The summed E-state index contributed by atoms with van der Waals surface area (Å²) in [5, 5.41) is 3.02. The molecule has 0 aromatic heterocycles. The molecule has 30 heavy (non-hydrogen) atoms. The van der Waals surface area contributed by atoms with Gasteiger partial charge in [-0.15, -0.1) is 0 Å². The van der Waals surface area contributed by atoms with Crippen molar-refractivity contribution in [1.82, 2.24) is 0 Å². The molecule has 0 fully saturated rings. The number of hydrogen-bond acceptors (Lipinski definition) is 5. The number of carbonyl (C=O) groups excluding carboxylic acids is 2. The van der Waals surface area contributed by atoms with E-state index in [4.69, 9.17) is 25.8 Å². The Balaban J connectivity index is 2.66. The van der Waals surface area contributed by atoms with Crippen molar-refractivity contribution in [2.75, 3.05) is 12.4 Å². The van der Waals surface area contributed by atoms with Gasteiger partial charge < -0.3 is 14.2 Å². The van der Waals surface area contributed by atoms with Crippen LogP contribution in [0.4, 0.5) is 10.5 Å². The second kappa shape index (κ2) is 13.9. The summed E-state index contributed by atoms with van der Waals surface area (Å²) in [6.45, 7) is 9.86. The molecule has 0 aliphatic rings. The second-order valence-corrected chi connectivity index (χ2v) is 7.83. The number of esters is 1. The van der Waals surface area contributed by atoms with Crippen LogP contribution in [-0.4, -0.2) is 31.4 Å². The molecule has 0 saturated carbocycles. The number of nitrogens with one attached hydrogen (secondary N) is 1. The van der Waals surface area contributed by atoms with Gasteiger partial charge in [0.05, 0.1) is 18.2 Å². The Hall–Kier alpha value is -2.21. The smallest absolute Gasteiger partial charge is 0.412 e. The number of benzene rings is 1. The number of carbonyl (C=O) groups is 2. The van der Waals surface area contributed by atoms with Crippen LogP contribution in [0.15, 0.2) is 30.4 Å². The quantitative estimate of drug-likeness (QED) is 0.215. The number of methoxy groups -OCH3 is 1. The lowest BCUT2D eigenvalue weighted by Crippen LogP contribution is -2.32. The summed E-state index contributed by atoms with van der Waals surface area (Å²) in [4.78, 5) is 24.5. The van der Waals surface area contributed by atoms with E-state index in [0.29, 0.717) is 28.5 Å². The lowest BCUT2D eigenvalue weighted by atomic mass is 10.0. The molecule has 1 aromatic rings. The van der Waals surface area contributed by atoms with Gasteiger partial charge in [0.1, 0.15) is 5.75 Å². The Morgan fingerprint density at radius 3 is 2.43 bits per heavy atom. The van der Waals surface area contributed by atoms with Crippen LogP contribution < -0.4 is 10.1 Å². The summed E-state index contributed by atoms with van der Waals surface area (Å²) in [5.74, 6) is -0.206. The van der Waals surface area contributed by atoms with Crippen molar-refractivity contribution in [3.63, 3.8) is 0 Å². The van der Waals surface area contributed by atoms with Gasteiger partial charge >= 0.3 is 12.1 Å². The molecular formula is C23H34ClNO5. The average molecular weight is 440 g/mol. The fourth-order valence-corrected chi connectivity index (χ4v) is 3.01. The first-order valence-electron chi connectivity index (χ1n) is 10.5. The third-order valence-electron chi connectivity index (χ3n) is 4.40. The minimum atomic E-state index is -1.15. The maximum Gasteiger partial charge on any atom is 0.412 e. The van der Waals surface area contributed by atoms with Gasteiger partial charge in [-0.2, -0.15) is 0 Å². The molecule has 0 bridgehead atoms. The molecule has 1 amide bonds. The van der Waals surface area contributed by atoms with Crippen molar-refractivity contribution in [3.8, 4) is 5.75 Å². The van der Waals surface area contributed by atoms with Crippen LogP contribution in [-0.2, 0) is 14.3 Å². The maximum atomic E-state index is 12.4. The van der Waals surface area contributed by atoms with E-state index in [1.807, 2.05) is 13.8 Å². The topological polar surface area (TPSA) is 73.9 Å². The van der Waals surface area contributed by atoms with Gasteiger partial charge in [0.25, 0.3) is 0 Å². The minimum absolute atomic E-state index is 0.0706. The zero-order valence-corrected chi connectivity index (χ0v) is 19.2. The van der Waals surface area contributed by atoms with Crippen molar-refractivity contribution in [1.29, 1.82) is 0 Å². The first kappa shape index (κ1) is 25.8. The van der Waals surface area contributed by atoms with E-state index in [2.05, 4.69) is 18.8 Å². The fraction of sp³-hybridized carbons (Fsp3) is 0.565. The molecule has 0 aliphatic heterocycles. The van der Waals surface area contributed by atoms with Crippen LogP contribution >= 0.6 is 11.6 Å². The Morgan fingerprint density at radius 2 is 1.80 bits per heavy atom. The predicted octanol–water partition coefficient (Wildman–Crippen LogP) is 6.52. The molecule has 1 atom stereocenters. The van der Waals surface area contributed by atoms with Gasteiger partial charge in [0.15, 0.2) is 0 Å². The van der Waals surface area contributed by atoms with Gasteiger partial charge in [0, 0.05) is 11.8 Å². The van der Waals surface area contributed by atoms with Crippen LogP contribution in [0.3, 0.4) is 0 Å². The molecule has 1 rings (SSSR count). The number of amides is 1. The van der Waals surface area contributed by atoms with Gasteiger partial charge in [0.2, 0.25) is 6.10 Å². The SMILES string of the molecule is C=C(CCCCCCCC)C(OC(=O)Nc1ccc(Cl)c(OC(C)C)c1)C(=O)OC. The zero-order chi connectivity index (χ0) is 22.5. The molecule has 0 saturated heterocycles. The van der Waals surface area contributed by atoms with E-state index in [1.54, 1.807) is 18.2 Å². The predicted molar refractivity (Wildman–Crippen MR) is 120 cm³/mol. The van der Waals surface area contributed by atoms with Gasteiger partial charge in [-0.1, -0.05) is 57.2 Å². The number of ether oxygens (including phenoxy) is 3. The van der Waals surface area contributed by atoms with Crippen LogP contribution in [0.2, 0.25) is 5.02 Å². The first-order chi connectivity index (χ1) is 14.3. The van der Waals surface area contributed by atoms with E-state index < -0.39 is 18.2 Å². The normalized spacial score (nSPS) is 11.7. The van der Waals surface area contributed by atoms with Gasteiger partial charge in [-0.05, 0) is 44.4 Å².